The van der Waals surface area contributed by atoms with E-state index in [2.05, 4.69) is 17.2 Å². The third-order valence-corrected chi connectivity index (χ3v) is 4.18. The number of ether oxygens (including phenoxy) is 1. The molecule has 1 aromatic rings. The van der Waals surface area contributed by atoms with E-state index in [0.717, 1.165) is 18.2 Å². The average molecular weight is 254 g/mol. The number of nitrogens with zero attached hydrogens (tertiary/aromatic N) is 1. The summed E-state index contributed by atoms with van der Waals surface area (Å²) in [4.78, 5) is 5.49. The van der Waals surface area contributed by atoms with E-state index in [1.165, 1.54) is 30.6 Å². The summed E-state index contributed by atoms with van der Waals surface area (Å²) in [5.41, 5.74) is 0. The fourth-order valence-electron chi connectivity index (χ4n) is 2.39. The Hall–Kier alpha value is -0.450. The molecule has 0 spiro atoms. The van der Waals surface area contributed by atoms with Crippen LogP contribution in [0.1, 0.15) is 42.5 Å². The molecule has 0 saturated heterocycles. The van der Waals surface area contributed by atoms with Crippen LogP contribution in [0.5, 0.6) is 0 Å². The van der Waals surface area contributed by atoms with Gasteiger partial charge in [-0.25, -0.2) is 4.98 Å². The number of aromatic nitrogens is 1. The molecule has 0 atom stereocenters. The Bertz CT molecular complexity index is 332. The number of thiazole rings is 1. The van der Waals surface area contributed by atoms with E-state index in [1.807, 2.05) is 13.1 Å². The van der Waals surface area contributed by atoms with Crippen molar-refractivity contribution in [2.24, 2.45) is 0 Å². The SMILES string of the molecule is CCNC1CCC(OCc2cnc(C)s2)CC1. The van der Waals surface area contributed by atoms with Crippen LogP contribution in [0.3, 0.4) is 0 Å². The number of nitrogens with one attached hydrogen (secondary N) is 1. The van der Waals surface area contributed by atoms with E-state index < -0.39 is 0 Å². The topological polar surface area (TPSA) is 34.1 Å². The molecule has 1 saturated carbocycles. The molecule has 3 nitrogen and oxygen atoms in total. The van der Waals surface area contributed by atoms with Crippen molar-refractivity contribution in [1.29, 1.82) is 0 Å². The van der Waals surface area contributed by atoms with E-state index in [4.69, 9.17) is 4.74 Å². The predicted molar refractivity (Wildman–Crippen MR) is 71.4 cm³/mol. The molecule has 1 heterocycles. The van der Waals surface area contributed by atoms with E-state index in [0.29, 0.717) is 12.1 Å². The van der Waals surface area contributed by atoms with Crippen molar-refractivity contribution >= 4 is 11.3 Å². The first kappa shape index (κ1) is 13.0. The van der Waals surface area contributed by atoms with Crippen molar-refractivity contribution < 1.29 is 4.74 Å². The van der Waals surface area contributed by atoms with Gasteiger partial charge in [-0.2, -0.15) is 0 Å². The van der Waals surface area contributed by atoms with Crippen LogP contribution in [-0.2, 0) is 11.3 Å². The lowest BCUT2D eigenvalue weighted by Gasteiger charge is -2.28. The van der Waals surface area contributed by atoms with Crippen LogP contribution < -0.4 is 5.32 Å². The van der Waals surface area contributed by atoms with Crippen molar-refractivity contribution in [1.82, 2.24) is 10.3 Å². The lowest BCUT2D eigenvalue weighted by Crippen LogP contribution is -2.35. The van der Waals surface area contributed by atoms with Gasteiger partial charge in [0, 0.05) is 12.2 Å². The summed E-state index contributed by atoms with van der Waals surface area (Å²) in [6, 6.07) is 0.713. The standard InChI is InChI=1S/C13H22N2OS/c1-3-14-11-4-6-12(7-5-11)16-9-13-8-15-10(2)17-13/h8,11-12,14H,3-7,9H2,1-2H3. The summed E-state index contributed by atoms with van der Waals surface area (Å²) < 4.78 is 5.95. The Kier molecular flexibility index (Phi) is 4.95. The number of hydrogen-bond acceptors (Lipinski definition) is 4. The number of aryl methyl sites for hydroxylation is 1. The molecule has 1 fully saturated rings. The zero-order chi connectivity index (χ0) is 12.1. The third-order valence-electron chi connectivity index (χ3n) is 3.30. The maximum atomic E-state index is 5.95. The van der Waals surface area contributed by atoms with Crippen LogP contribution in [0.25, 0.3) is 0 Å². The normalized spacial score (nSPS) is 25.1. The monoisotopic (exact) mass is 254 g/mol. The Labute approximate surface area is 108 Å². The lowest BCUT2D eigenvalue weighted by atomic mass is 9.93. The zero-order valence-electron chi connectivity index (χ0n) is 10.7. The van der Waals surface area contributed by atoms with Crippen molar-refractivity contribution in [2.45, 2.75) is 58.3 Å². The molecule has 1 N–H and O–H groups in total. The van der Waals surface area contributed by atoms with E-state index in [9.17, 15) is 0 Å². The zero-order valence-corrected chi connectivity index (χ0v) is 11.6. The van der Waals surface area contributed by atoms with E-state index >= 15 is 0 Å². The van der Waals surface area contributed by atoms with Crippen LogP contribution in [-0.4, -0.2) is 23.7 Å². The van der Waals surface area contributed by atoms with Gasteiger partial charge < -0.3 is 10.1 Å². The van der Waals surface area contributed by atoms with Gasteiger partial charge in [0.15, 0.2) is 0 Å². The molecule has 1 aromatic heterocycles. The highest BCUT2D eigenvalue weighted by Crippen LogP contribution is 2.23. The number of rotatable bonds is 5. The van der Waals surface area contributed by atoms with Crippen LogP contribution in [0.4, 0.5) is 0 Å². The molecule has 0 aliphatic heterocycles. The summed E-state index contributed by atoms with van der Waals surface area (Å²) in [6.07, 6.45) is 7.27. The minimum Gasteiger partial charge on any atom is -0.373 e. The minimum absolute atomic E-state index is 0.451. The maximum Gasteiger partial charge on any atom is 0.0897 e. The molecule has 1 aliphatic rings. The lowest BCUT2D eigenvalue weighted by molar-refractivity contribution is 0.0127. The first-order valence-corrected chi connectivity index (χ1v) is 7.36. The van der Waals surface area contributed by atoms with Gasteiger partial charge in [0.25, 0.3) is 0 Å². The van der Waals surface area contributed by atoms with Gasteiger partial charge in [0.1, 0.15) is 0 Å². The summed E-state index contributed by atoms with van der Waals surface area (Å²) in [5.74, 6) is 0. The van der Waals surface area contributed by atoms with E-state index in [1.54, 1.807) is 11.3 Å². The Morgan fingerprint density at radius 3 is 2.76 bits per heavy atom. The second-order valence-electron chi connectivity index (χ2n) is 4.69. The molecule has 17 heavy (non-hydrogen) atoms. The fraction of sp³-hybridized carbons (Fsp3) is 0.769. The summed E-state index contributed by atoms with van der Waals surface area (Å²) >= 11 is 1.74. The predicted octanol–water partition coefficient (Wildman–Crippen LogP) is 2.89. The van der Waals surface area contributed by atoms with Gasteiger partial charge in [0.05, 0.1) is 22.6 Å². The maximum absolute atomic E-state index is 5.95. The molecule has 0 radical (unpaired) electrons. The summed E-state index contributed by atoms with van der Waals surface area (Å²) in [6.45, 7) is 6.03. The molecule has 0 amide bonds. The van der Waals surface area contributed by atoms with Crippen LogP contribution in [0.2, 0.25) is 0 Å². The van der Waals surface area contributed by atoms with Crippen LogP contribution in [0.15, 0.2) is 6.20 Å². The average Bonchev–Trinajstić information content (AvgIpc) is 2.75. The van der Waals surface area contributed by atoms with Gasteiger partial charge >= 0.3 is 0 Å². The second-order valence-corrected chi connectivity index (χ2v) is 6.01. The molecular weight excluding hydrogens is 232 g/mol. The first-order valence-electron chi connectivity index (χ1n) is 6.54. The second kappa shape index (κ2) is 6.47. The van der Waals surface area contributed by atoms with E-state index in [-0.39, 0.29) is 0 Å². The molecular formula is C13H22N2OS. The molecule has 0 aromatic carbocycles. The largest absolute Gasteiger partial charge is 0.373 e. The smallest absolute Gasteiger partial charge is 0.0897 e. The highest BCUT2D eigenvalue weighted by atomic mass is 32.1. The highest BCUT2D eigenvalue weighted by molar-refractivity contribution is 7.11. The van der Waals surface area contributed by atoms with Gasteiger partial charge in [-0.15, -0.1) is 11.3 Å². The molecule has 1 aliphatic carbocycles. The van der Waals surface area contributed by atoms with Gasteiger partial charge in [-0.3, -0.25) is 0 Å². The molecule has 4 heteroatoms. The van der Waals surface area contributed by atoms with Crippen LogP contribution >= 0.6 is 11.3 Å². The minimum atomic E-state index is 0.451. The molecule has 0 unspecified atom stereocenters. The van der Waals surface area contributed by atoms with Crippen molar-refractivity contribution in [3.63, 3.8) is 0 Å². The van der Waals surface area contributed by atoms with Crippen molar-refractivity contribution in [3.8, 4) is 0 Å². The fourth-order valence-corrected chi connectivity index (χ4v) is 3.11. The first-order chi connectivity index (χ1) is 8.28. The van der Waals surface area contributed by atoms with Crippen molar-refractivity contribution in [3.05, 3.63) is 16.1 Å². The Morgan fingerprint density at radius 1 is 1.41 bits per heavy atom. The van der Waals surface area contributed by atoms with Gasteiger partial charge in [-0.05, 0) is 39.2 Å². The van der Waals surface area contributed by atoms with Crippen LogP contribution in [0, 0.1) is 6.92 Å². The van der Waals surface area contributed by atoms with Gasteiger partial charge in [-0.1, -0.05) is 6.92 Å². The summed E-state index contributed by atoms with van der Waals surface area (Å²) in [5, 5.41) is 4.64. The molecule has 2 rings (SSSR count). The van der Waals surface area contributed by atoms with Crippen molar-refractivity contribution in [2.75, 3.05) is 6.54 Å². The molecule has 0 bridgehead atoms. The highest BCUT2D eigenvalue weighted by Gasteiger charge is 2.20. The Morgan fingerprint density at radius 2 is 2.18 bits per heavy atom. The van der Waals surface area contributed by atoms with Gasteiger partial charge in [0.2, 0.25) is 0 Å². The Balaban J connectivity index is 1.68. The third kappa shape index (κ3) is 4.05. The quantitative estimate of drug-likeness (QED) is 0.877. The number of hydrogen-bond donors (Lipinski definition) is 1. The summed E-state index contributed by atoms with van der Waals surface area (Å²) in [7, 11) is 0. The molecule has 96 valence electrons.